The van der Waals surface area contributed by atoms with Gasteiger partial charge in [0.05, 0.1) is 12.4 Å². The smallest absolute Gasteiger partial charge is 0.105 e. The quantitative estimate of drug-likeness (QED) is 0.361. The lowest BCUT2D eigenvalue weighted by Gasteiger charge is -1.98. The molecule has 2 nitrogen and oxygen atoms in total. The fourth-order valence-electron chi connectivity index (χ4n) is 0.597. The Morgan fingerprint density at radius 1 is 1.64 bits per heavy atom. The Morgan fingerprint density at radius 3 is 2.91 bits per heavy atom. The van der Waals surface area contributed by atoms with E-state index in [-0.39, 0.29) is 6.10 Å². The van der Waals surface area contributed by atoms with E-state index in [4.69, 9.17) is 9.84 Å². The summed E-state index contributed by atoms with van der Waals surface area (Å²) in [6, 6.07) is 0. The summed E-state index contributed by atoms with van der Waals surface area (Å²) in [6.07, 6.45) is 6.65. The molecule has 1 unspecified atom stereocenters. The highest BCUT2D eigenvalue weighted by molar-refractivity contribution is 4.76. The first-order valence-electron chi connectivity index (χ1n) is 3.83. The second kappa shape index (κ2) is 7.35. The molecule has 0 bridgehead atoms. The molecule has 0 fully saturated rings. The molecule has 11 heavy (non-hydrogen) atoms. The Morgan fingerprint density at radius 2 is 2.36 bits per heavy atom. The first-order valence-corrected chi connectivity index (χ1v) is 3.83. The van der Waals surface area contributed by atoms with Crippen LogP contribution in [-0.4, -0.2) is 17.8 Å². The zero-order valence-electron chi connectivity index (χ0n) is 6.99. The fraction of sp³-hybridized carbons (Fsp3) is 0.556. The van der Waals surface area contributed by atoms with E-state index < -0.39 is 0 Å². The van der Waals surface area contributed by atoms with Crippen molar-refractivity contribution in [3.05, 3.63) is 25.0 Å². The lowest BCUT2D eigenvalue weighted by Crippen LogP contribution is -1.96. The number of ether oxygens (including phenoxy) is 1. The molecule has 1 atom stereocenters. The molecule has 0 aliphatic rings. The van der Waals surface area contributed by atoms with Gasteiger partial charge in [-0.1, -0.05) is 12.7 Å². The van der Waals surface area contributed by atoms with E-state index in [1.54, 1.807) is 19.3 Å². The molecule has 0 aliphatic heterocycles. The molecule has 2 heteroatoms. The van der Waals surface area contributed by atoms with Crippen LogP contribution in [0.4, 0.5) is 0 Å². The second-order valence-electron chi connectivity index (χ2n) is 2.42. The van der Waals surface area contributed by atoms with Crippen molar-refractivity contribution in [2.75, 3.05) is 6.61 Å². The number of aliphatic hydroxyl groups is 1. The molecule has 0 aromatic heterocycles. The summed E-state index contributed by atoms with van der Waals surface area (Å²) in [5.41, 5.74) is 0. The molecular weight excluding hydrogens is 140 g/mol. The van der Waals surface area contributed by atoms with Crippen LogP contribution in [0.1, 0.15) is 19.8 Å². The van der Waals surface area contributed by atoms with Crippen LogP contribution in [0.5, 0.6) is 0 Å². The molecule has 1 N–H and O–H groups in total. The molecule has 0 saturated heterocycles. The summed E-state index contributed by atoms with van der Waals surface area (Å²) in [5.74, 6) is 0. The third-order valence-electron chi connectivity index (χ3n) is 1.16. The van der Waals surface area contributed by atoms with Gasteiger partial charge < -0.3 is 9.84 Å². The van der Waals surface area contributed by atoms with E-state index in [1.165, 1.54) is 0 Å². The molecule has 64 valence electrons. The summed E-state index contributed by atoms with van der Waals surface area (Å²) in [5, 5.41) is 8.86. The highest BCUT2D eigenvalue weighted by Crippen LogP contribution is 1.96. The number of aliphatic hydroxyl groups excluding tert-OH is 1. The number of hydrogen-bond donors (Lipinski definition) is 1. The first-order chi connectivity index (χ1) is 5.27. The minimum atomic E-state index is -0.223. The van der Waals surface area contributed by atoms with Gasteiger partial charge in [0.25, 0.3) is 0 Å². The van der Waals surface area contributed by atoms with Crippen molar-refractivity contribution in [1.29, 1.82) is 0 Å². The van der Waals surface area contributed by atoms with Gasteiger partial charge in [0.1, 0.15) is 6.61 Å². The maximum absolute atomic E-state index is 8.86. The Bertz CT molecular complexity index is 117. The van der Waals surface area contributed by atoms with Crippen molar-refractivity contribution in [3.8, 4) is 0 Å². The van der Waals surface area contributed by atoms with Gasteiger partial charge in [0.15, 0.2) is 0 Å². The van der Waals surface area contributed by atoms with Crippen LogP contribution in [-0.2, 0) is 4.74 Å². The molecule has 0 rings (SSSR count). The maximum Gasteiger partial charge on any atom is 0.105 e. The van der Waals surface area contributed by atoms with Gasteiger partial charge >= 0.3 is 0 Å². The van der Waals surface area contributed by atoms with E-state index in [9.17, 15) is 0 Å². The minimum absolute atomic E-state index is 0.223. The Labute approximate surface area is 68.2 Å². The number of hydrogen-bond acceptors (Lipinski definition) is 2. The van der Waals surface area contributed by atoms with E-state index in [1.807, 2.05) is 6.08 Å². The predicted molar refractivity (Wildman–Crippen MR) is 46.2 cm³/mol. The van der Waals surface area contributed by atoms with Crippen molar-refractivity contribution >= 4 is 0 Å². The Balaban J connectivity index is 3.09. The van der Waals surface area contributed by atoms with E-state index in [0.29, 0.717) is 6.61 Å². The average molecular weight is 156 g/mol. The summed E-state index contributed by atoms with van der Waals surface area (Å²) in [6.45, 7) is 5.83. The highest BCUT2D eigenvalue weighted by atomic mass is 16.5. The van der Waals surface area contributed by atoms with Gasteiger partial charge in [-0.05, 0) is 25.8 Å². The van der Waals surface area contributed by atoms with Crippen molar-refractivity contribution in [2.45, 2.75) is 25.9 Å². The summed E-state index contributed by atoms with van der Waals surface area (Å²) >= 11 is 0. The average Bonchev–Trinajstić information content (AvgIpc) is 1.96. The standard InChI is InChI=1S/C9H16O2/c1-3-7-11-8-5-4-6-9(2)10/h3,5,8-10H,1,4,6-7H2,2H3. The van der Waals surface area contributed by atoms with Gasteiger partial charge in [-0.15, -0.1) is 0 Å². The monoisotopic (exact) mass is 156 g/mol. The number of allylic oxidation sites excluding steroid dienone is 1. The van der Waals surface area contributed by atoms with E-state index in [0.717, 1.165) is 12.8 Å². The Kier molecular flexibility index (Phi) is 6.84. The summed E-state index contributed by atoms with van der Waals surface area (Å²) in [7, 11) is 0. The molecule has 0 saturated carbocycles. The topological polar surface area (TPSA) is 29.5 Å². The third-order valence-corrected chi connectivity index (χ3v) is 1.16. The molecule has 0 radical (unpaired) electrons. The van der Waals surface area contributed by atoms with Gasteiger partial charge in [0, 0.05) is 0 Å². The van der Waals surface area contributed by atoms with Crippen molar-refractivity contribution in [1.82, 2.24) is 0 Å². The molecule has 0 aromatic carbocycles. The largest absolute Gasteiger partial charge is 0.497 e. The van der Waals surface area contributed by atoms with Crippen LogP contribution in [0.25, 0.3) is 0 Å². The lowest BCUT2D eigenvalue weighted by atomic mass is 10.2. The highest BCUT2D eigenvalue weighted by Gasteiger charge is 1.90. The van der Waals surface area contributed by atoms with Crippen molar-refractivity contribution in [3.63, 3.8) is 0 Å². The van der Waals surface area contributed by atoms with Gasteiger partial charge in [0.2, 0.25) is 0 Å². The SMILES string of the molecule is C=CCOC=CCCC(C)O. The molecule has 0 heterocycles. The van der Waals surface area contributed by atoms with Crippen LogP contribution in [0, 0.1) is 0 Å². The molecule has 0 amide bonds. The van der Waals surface area contributed by atoms with E-state index >= 15 is 0 Å². The summed E-state index contributed by atoms with van der Waals surface area (Å²) < 4.78 is 4.98. The molecule has 0 spiro atoms. The zero-order valence-corrected chi connectivity index (χ0v) is 6.99. The van der Waals surface area contributed by atoms with E-state index in [2.05, 4.69) is 6.58 Å². The van der Waals surface area contributed by atoms with Crippen molar-refractivity contribution < 1.29 is 9.84 Å². The van der Waals surface area contributed by atoms with Crippen LogP contribution in [0.2, 0.25) is 0 Å². The predicted octanol–water partition coefficient (Wildman–Crippen LogP) is 1.86. The van der Waals surface area contributed by atoms with Gasteiger partial charge in [-0.3, -0.25) is 0 Å². The molecular formula is C9H16O2. The zero-order chi connectivity index (χ0) is 8.53. The number of rotatable bonds is 6. The fourth-order valence-corrected chi connectivity index (χ4v) is 0.597. The molecule has 0 aliphatic carbocycles. The minimum Gasteiger partial charge on any atom is -0.497 e. The van der Waals surface area contributed by atoms with Crippen LogP contribution < -0.4 is 0 Å². The van der Waals surface area contributed by atoms with Gasteiger partial charge in [-0.25, -0.2) is 0 Å². The van der Waals surface area contributed by atoms with Crippen molar-refractivity contribution in [2.24, 2.45) is 0 Å². The normalized spacial score (nSPS) is 13.3. The van der Waals surface area contributed by atoms with Crippen LogP contribution >= 0.6 is 0 Å². The second-order valence-corrected chi connectivity index (χ2v) is 2.42. The Hall–Kier alpha value is -0.760. The van der Waals surface area contributed by atoms with Crippen LogP contribution in [0.15, 0.2) is 25.0 Å². The molecule has 0 aromatic rings. The third kappa shape index (κ3) is 9.24. The first kappa shape index (κ1) is 10.2. The lowest BCUT2D eigenvalue weighted by molar-refractivity contribution is 0.185. The maximum atomic E-state index is 8.86. The van der Waals surface area contributed by atoms with Gasteiger partial charge in [-0.2, -0.15) is 0 Å². The van der Waals surface area contributed by atoms with Crippen LogP contribution in [0.3, 0.4) is 0 Å². The summed E-state index contributed by atoms with van der Waals surface area (Å²) in [4.78, 5) is 0.